The Hall–Kier alpha value is -2.04. The van der Waals surface area contributed by atoms with Crippen molar-refractivity contribution in [2.45, 2.75) is 12.8 Å². The van der Waals surface area contributed by atoms with Gasteiger partial charge in [0.15, 0.2) is 0 Å². The van der Waals surface area contributed by atoms with Crippen molar-refractivity contribution >= 4 is 17.0 Å². The largest absolute Gasteiger partial charge is 0.481 e. The van der Waals surface area contributed by atoms with Gasteiger partial charge in [0.25, 0.3) is 0 Å². The number of carbonyl (C=O) groups is 1. The maximum absolute atomic E-state index is 10.4. The third-order valence-corrected chi connectivity index (χ3v) is 2.02. The van der Waals surface area contributed by atoms with Gasteiger partial charge in [-0.1, -0.05) is 0 Å². The smallest absolute Gasteiger partial charge is 0.303 e. The molecule has 2 rings (SSSR count). The van der Waals surface area contributed by atoms with E-state index in [1.54, 1.807) is 12.4 Å². The first kappa shape index (κ1) is 9.51. The molecule has 15 heavy (non-hydrogen) atoms. The van der Waals surface area contributed by atoms with Crippen LogP contribution in [-0.4, -0.2) is 26.0 Å². The SMILES string of the molecule is O=C(O)CCc1cncc2nc[c]nc12. The van der Waals surface area contributed by atoms with Crippen LogP contribution in [-0.2, 0) is 11.2 Å². The topological polar surface area (TPSA) is 76.0 Å². The second-order valence-electron chi connectivity index (χ2n) is 3.06. The molecule has 0 atom stereocenters. The summed E-state index contributed by atoms with van der Waals surface area (Å²) in [6.07, 6.45) is 7.78. The maximum Gasteiger partial charge on any atom is 0.303 e. The summed E-state index contributed by atoms with van der Waals surface area (Å²) in [4.78, 5) is 22.5. The fourth-order valence-corrected chi connectivity index (χ4v) is 1.32. The van der Waals surface area contributed by atoms with E-state index in [2.05, 4.69) is 21.1 Å². The predicted octanol–water partition coefficient (Wildman–Crippen LogP) is 0.842. The molecule has 0 saturated heterocycles. The lowest BCUT2D eigenvalue weighted by Crippen LogP contribution is -1.99. The molecule has 0 aliphatic rings. The molecule has 0 bridgehead atoms. The van der Waals surface area contributed by atoms with Crippen molar-refractivity contribution in [3.63, 3.8) is 0 Å². The standard InChI is InChI=1S/C10H8N3O2/c14-9(15)2-1-7-5-11-6-8-10(7)13-4-3-12-8/h3,5-6H,1-2H2,(H,14,15). The number of carboxylic acids is 1. The van der Waals surface area contributed by atoms with Crippen molar-refractivity contribution in [2.75, 3.05) is 0 Å². The number of pyridine rings is 1. The maximum atomic E-state index is 10.4. The Labute approximate surface area is 85.8 Å². The average Bonchev–Trinajstić information content (AvgIpc) is 2.26. The molecule has 0 aliphatic heterocycles. The van der Waals surface area contributed by atoms with Gasteiger partial charge in [0, 0.05) is 12.6 Å². The first-order valence-corrected chi connectivity index (χ1v) is 4.45. The number of aliphatic carboxylic acids is 1. The van der Waals surface area contributed by atoms with Crippen LogP contribution in [0.4, 0.5) is 0 Å². The Balaban J connectivity index is 2.38. The van der Waals surface area contributed by atoms with Gasteiger partial charge in [-0.15, -0.1) is 0 Å². The molecule has 1 N–H and O–H groups in total. The van der Waals surface area contributed by atoms with Crippen LogP contribution < -0.4 is 0 Å². The van der Waals surface area contributed by atoms with Crippen LogP contribution in [0.2, 0.25) is 0 Å². The molecule has 0 aromatic carbocycles. The summed E-state index contributed by atoms with van der Waals surface area (Å²) in [6, 6.07) is 0. The Morgan fingerprint density at radius 1 is 1.47 bits per heavy atom. The van der Waals surface area contributed by atoms with Gasteiger partial charge in [-0.05, 0) is 12.0 Å². The molecular formula is C10H8N3O2. The minimum atomic E-state index is -0.833. The van der Waals surface area contributed by atoms with Gasteiger partial charge in [0.1, 0.15) is 11.7 Å². The fraction of sp³-hybridized carbons (Fsp3) is 0.200. The summed E-state index contributed by atoms with van der Waals surface area (Å²) >= 11 is 0. The highest BCUT2D eigenvalue weighted by molar-refractivity contribution is 5.77. The molecule has 0 fully saturated rings. The quantitative estimate of drug-likeness (QED) is 0.798. The van der Waals surface area contributed by atoms with Gasteiger partial charge < -0.3 is 5.11 Å². The summed E-state index contributed by atoms with van der Waals surface area (Å²) in [5.74, 6) is -0.833. The lowest BCUT2D eigenvalue weighted by molar-refractivity contribution is -0.136. The number of fused-ring (bicyclic) bond motifs is 1. The zero-order valence-electron chi connectivity index (χ0n) is 7.84. The Morgan fingerprint density at radius 3 is 3.13 bits per heavy atom. The first-order valence-electron chi connectivity index (χ1n) is 4.45. The van der Waals surface area contributed by atoms with E-state index in [-0.39, 0.29) is 6.42 Å². The number of aryl methyl sites for hydroxylation is 1. The van der Waals surface area contributed by atoms with E-state index in [0.29, 0.717) is 17.5 Å². The van der Waals surface area contributed by atoms with Gasteiger partial charge in [0.05, 0.1) is 17.9 Å². The summed E-state index contributed by atoms with van der Waals surface area (Å²) < 4.78 is 0. The number of hydrogen-bond acceptors (Lipinski definition) is 4. The molecule has 75 valence electrons. The van der Waals surface area contributed by atoms with E-state index in [4.69, 9.17) is 5.11 Å². The minimum absolute atomic E-state index is 0.0668. The van der Waals surface area contributed by atoms with E-state index in [1.165, 1.54) is 6.20 Å². The molecule has 2 aromatic rings. The highest BCUT2D eigenvalue weighted by Crippen LogP contribution is 2.13. The molecule has 0 amide bonds. The molecule has 5 heteroatoms. The van der Waals surface area contributed by atoms with Gasteiger partial charge >= 0.3 is 5.97 Å². The van der Waals surface area contributed by atoms with Crippen molar-refractivity contribution in [1.29, 1.82) is 0 Å². The van der Waals surface area contributed by atoms with Crippen molar-refractivity contribution < 1.29 is 9.90 Å². The minimum Gasteiger partial charge on any atom is -0.481 e. The van der Waals surface area contributed by atoms with Crippen molar-refractivity contribution in [2.24, 2.45) is 0 Å². The summed E-state index contributed by atoms with van der Waals surface area (Å²) in [6.45, 7) is 0. The zero-order chi connectivity index (χ0) is 10.7. The second kappa shape index (κ2) is 4.00. The van der Waals surface area contributed by atoms with E-state index >= 15 is 0 Å². The predicted molar refractivity (Wildman–Crippen MR) is 52.1 cm³/mol. The molecular weight excluding hydrogens is 194 g/mol. The molecule has 0 saturated carbocycles. The van der Waals surface area contributed by atoms with Crippen LogP contribution >= 0.6 is 0 Å². The lowest BCUT2D eigenvalue weighted by Gasteiger charge is -2.01. The molecule has 0 aliphatic carbocycles. The van der Waals surface area contributed by atoms with Crippen LogP contribution in [0, 0.1) is 6.20 Å². The summed E-state index contributed by atoms with van der Waals surface area (Å²) in [7, 11) is 0. The molecule has 1 radical (unpaired) electrons. The van der Waals surface area contributed by atoms with Crippen LogP contribution in [0.1, 0.15) is 12.0 Å². The lowest BCUT2D eigenvalue weighted by atomic mass is 10.1. The summed E-state index contributed by atoms with van der Waals surface area (Å²) in [5, 5.41) is 8.58. The Kier molecular flexibility index (Phi) is 2.53. The normalized spacial score (nSPS) is 10.4. The molecule has 5 nitrogen and oxygen atoms in total. The first-order chi connectivity index (χ1) is 7.27. The molecule has 2 heterocycles. The van der Waals surface area contributed by atoms with Gasteiger partial charge in [-0.3, -0.25) is 14.8 Å². The number of hydrogen-bond donors (Lipinski definition) is 1. The van der Waals surface area contributed by atoms with E-state index in [0.717, 1.165) is 5.56 Å². The number of aromatic nitrogens is 3. The van der Waals surface area contributed by atoms with Gasteiger partial charge in [-0.2, -0.15) is 0 Å². The van der Waals surface area contributed by atoms with Gasteiger partial charge in [0.2, 0.25) is 0 Å². The Bertz CT molecular complexity index is 493. The number of nitrogens with zero attached hydrogens (tertiary/aromatic N) is 3. The van der Waals surface area contributed by atoms with E-state index < -0.39 is 5.97 Å². The highest BCUT2D eigenvalue weighted by Gasteiger charge is 2.05. The monoisotopic (exact) mass is 202 g/mol. The van der Waals surface area contributed by atoms with Crippen LogP contribution in [0.25, 0.3) is 11.0 Å². The molecule has 2 aromatic heterocycles. The van der Waals surface area contributed by atoms with Crippen molar-refractivity contribution in [1.82, 2.24) is 15.0 Å². The average molecular weight is 202 g/mol. The summed E-state index contributed by atoms with van der Waals surface area (Å²) in [5.41, 5.74) is 2.13. The number of carboxylic acid groups (broad SMARTS) is 1. The molecule has 0 unspecified atom stereocenters. The van der Waals surface area contributed by atoms with E-state index in [9.17, 15) is 4.79 Å². The van der Waals surface area contributed by atoms with Gasteiger partial charge in [-0.25, -0.2) is 4.98 Å². The molecule has 0 spiro atoms. The highest BCUT2D eigenvalue weighted by atomic mass is 16.4. The van der Waals surface area contributed by atoms with Crippen LogP contribution in [0.15, 0.2) is 18.6 Å². The third kappa shape index (κ3) is 2.07. The van der Waals surface area contributed by atoms with Crippen molar-refractivity contribution in [3.05, 3.63) is 30.4 Å². The Morgan fingerprint density at radius 2 is 2.33 bits per heavy atom. The second-order valence-corrected chi connectivity index (χ2v) is 3.06. The van der Waals surface area contributed by atoms with E-state index in [1.807, 2.05) is 0 Å². The number of rotatable bonds is 3. The van der Waals surface area contributed by atoms with Crippen molar-refractivity contribution in [3.8, 4) is 0 Å². The van der Waals surface area contributed by atoms with Crippen LogP contribution in [0.5, 0.6) is 0 Å². The van der Waals surface area contributed by atoms with Crippen LogP contribution in [0.3, 0.4) is 0 Å². The zero-order valence-corrected chi connectivity index (χ0v) is 7.84. The third-order valence-electron chi connectivity index (χ3n) is 2.02. The fourth-order valence-electron chi connectivity index (χ4n) is 1.32.